The number of phosphoric acid groups is 1. The van der Waals surface area contributed by atoms with Gasteiger partial charge in [-0.2, -0.15) is 0 Å². The summed E-state index contributed by atoms with van der Waals surface area (Å²) in [6.07, 6.45) is 8.38. The minimum absolute atomic E-state index is 0. The molecule has 0 aromatic rings. The minimum atomic E-state index is -4.14. The van der Waals surface area contributed by atoms with E-state index in [2.05, 4.69) is 27.7 Å². The van der Waals surface area contributed by atoms with Gasteiger partial charge in [0.15, 0.2) is 0 Å². The molecule has 0 fully saturated rings. The maximum atomic E-state index is 11.8. The molecule has 0 aliphatic heterocycles. The predicted molar refractivity (Wildman–Crippen MR) is 86.1 cm³/mol. The number of rotatable bonds is 14. The smallest absolute Gasteiger partial charge is 0.756 e. The second-order valence-corrected chi connectivity index (χ2v) is 7.28. The van der Waals surface area contributed by atoms with Gasteiger partial charge in [-0.1, -0.05) is 66.2 Å². The van der Waals surface area contributed by atoms with Crippen molar-refractivity contribution in [3.63, 3.8) is 0 Å². The van der Waals surface area contributed by atoms with Gasteiger partial charge in [-0.3, -0.25) is 4.57 Å². The van der Waals surface area contributed by atoms with Gasteiger partial charge >= 0.3 is 51.4 Å². The average Bonchev–Trinajstić information content (AvgIpc) is 2.47. The van der Waals surface area contributed by atoms with Crippen LogP contribution in [0.1, 0.15) is 79.1 Å². The van der Waals surface area contributed by atoms with E-state index in [-0.39, 0.29) is 64.6 Å². The Hall–Kier alpha value is 1.75. The van der Waals surface area contributed by atoms with Crippen LogP contribution in [0.4, 0.5) is 0 Å². The molecule has 2 unspecified atom stereocenters. The first-order chi connectivity index (χ1) is 9.99. The third-order valence-corrected chi connectivity index (χ3v) is 4.95. The summed E-state index contributed by atoms with van der Waals surface area (Å²) in [6, 6.07) is 0. The molecule has 0 aliphatic carbocycles. The fourth-order valence-electron chi connectivity index (χ4n) is 2.23. The topological polar surface area (TPSA) is 58.6 Å². The molecule has 0 rings (SSSR count). The largest absolute Gasteiger partial charge is 1.00 e. The van der Waals surface area contributed by atoms with E-state index >= 15 is 0 Å². The first kappa shape index (κ1) is 26.0. The average molecular weight is 361 g/mol. The van der Waals surface area contributed by atoms with E-state index in [1.807, 2.05) is 0 Å². The van der Waals surface area contributed by atoms with Gasteiger partial charge in [-0.15, -0.1) is 0 Å². The molecule has 0 aromatic heterocycles. The molecule has 0 aliphatic rings. The van der Waals surface area contributed by atoms with Crippen LogP contribution in [0.15, 0.2) is 0 Å². The second-order valence-electron chi connectivity index (χ2n) is 5.87. The van der Waals surface area contributed by atoms with E-state index in [1.165, 1.54) is 0 Å². The van der Waals surface area contributed by atoms with Crippen LogP contribution in [-0.4, -0.2) is 13.2 Å². The Morgan fingerprint density at radius 1 is 0.864 bits per heavy atom. The van der Waals surface area contributed by atoms with Gasteiger partial charge in [-0.05, 0) is 24.7 Å². The summed E-state index contributed by atoms with van der Waals surface area (Å²) in [6.45, 7) is 8.91. The molecule has 0 saturated carbocycles. The molecule has 0 spiro atoms. The summed E-state index contributed by atoms with van der Waals surface area (Å²) in [5, 5.41) is 0. The van der Waals surface area contributed by atoms with E-state index < -0.39 is 7.82 Å². The maximum absolute atomic E-state index is 11.8. The number of phosphoric ester groups is 1. The molecule has 0 aromatic carbocycles. The zero-order valence-corrected chi connectivity index (χ0v) is 19.3. The molecular formula is C16H34KO4P. The first-order valence-corrected chi connectivity index (χ1v) is 10.0. The SMILES string of the molecule is CCCCC(CC)COP(=O)([O-])OCC(CC)CCCC.[K+]. The van der Waals surface area contributed by atoms with Gasteiger partial charge in [0, 0.05) is 0 Å². The summed E-state index contributed by atoms with van der Waals surface area (Å²) in [5.41, 5.74) is 0. The Bertz CT molecular complexity index is 265. The summed E-state index contributed by atoms with van der Waals surface area (Å²) in [4.78, 5) is 11.8. The number of hydrogen-bond donors (Lipinski definition) is 0. The molecule has 2 atom stereocenters. The number of unbranched alkanes of at least 4 members (excludes halogenated alkanes) is 2. The van der Waals surface area contributed by atoms with Gasteiger partial charge in [0.25, 0.3) is 7.82 Å². The van der Waals surface area contributed by atoms with Crippen LogP contribution < -0.4 is 56.3 Å². The van der Waals surface area contributed by atoms with E-state index in [0.717, 1.165) is 51.4 Å². The summed E-state index contributed by atoms with van der Waals surface area (Å²) >= 11 is 0. The van der Waals surface area contributed by atoms with Crippen LogP contribution in [0.5, 0.6) is 0 Å². The number of hydrogen-bond acceptors (Lipinski definition) is 4. The Labute approximate surface area is 180 Å². The molecule has 0 heterocycles. The van der Waals surface area contributed by atoms with Crippen LogP contribution in [0, 0.1) is 11.8 Å². The third kappa shape index (κ3) is 14.1. The van der Waals surface area contributed by atoms with Crippen LogP contribution in [0.25, 0.3) is 0 Å². The molecule has 4 nitrogen and oxygen atoms in total. The fourth-order valence-corrected chi connectivity index (χ4v) is 3.09. The molecular weight excluding hydrogens is 326 g/mol. The molecule has 0 radical (unpaired) electrons. The maximum Gasteiger partial charge on any atom is 1.00 e. The third-order valence-electron chi connectivity index (χ3n) is 4.02. The van der Waals surface area contributed by atoms with Crippen molar-refractivity contribution in [1.82, 2.24) is 0 Å². The second kappa shape index (κ2) is 16.2. The summed E-state index contributed by atoms with van der Waals surface area (Å²) in [7, 11) is -4.14. The van der Waals surface area contributed by atoms with Crippen molar-refractivity contribution in [3.05, 3.63) is 0 Å². The van der Waals surface area contributed by atoms with Crippen LogP contribution in [-0.2, 0) is 13.6 Å². The molecule has 0 bridgehead atoms. The molecule has 0 amide bonds. The van der Waals surface area contributed by atoms with Gasteiger partial charge in [0.1, 0.15) is 0 Å². The Morgan fingerprint density at radius 3 is 1.50 bits per heavy atom. The summed E-state index contributed by atoms with van der Waals surface area (Å²) in [5.74, 6) is 0.607. The van der Waals surface area contributed by atoms with Gasteiger partial charge in [0.05, 0.1) is 13.2 Å². The van der Waals surface area contributed by atoms with Crippen molar-refractivity contribution in [3.8, 4) is 0 Å². The van der Waals surface area contributed by atoms with E-state index in [9.17, 15) is 9.46 Å². The molecule has 128 valence electrons. The van der Waals surface area contributed by atoms with E-state index in [0.29, 0.717) is 11.8 Å². The van der Waals surface area contributed by atoms with E-state index in [4.69, 9.17) is 9.05 Å². The van der Waals surface area contributed by atoms with Crippen molar-refractivity contribution in [2.24, 2.45) is 11.8 Å². The first-order valence-electron chi connectivity index (χ1n) is 8.59. The minimum Gasteiger partial charge on any atom is -0.756 e. The molecule has 0 saturated heterocycles. The fraction of sp³-hybridized carbons (Fsp3) is 1.00. The zero-order chi connectivity index (χ0) is 16.1. The van der Waals surface area contributed by atoms with Crippen LogP contribution >= 0.6 is 7.82 Å². The zero-order valence-electron chi connectivity index (χ0n) is 15.3. The van der Waals surface area contributed by atoms with E-state index in [1.54, 1.807) is 0 Å². The van der Waals surface area contributed by atoms with Crippen LogP contribution in [0.3, 0.4) is 0 Å². The summed E-state index contributed by atoms with van der Waals surface area (Å²) < 4.78 is 21.9. The normalized spacial score (nSPS) is 16.6. The van der Waals surface area contributed by atoms with Gasteiger partial charge in [-0.25, -0.2) is 0 Å². The van der Waals surface area contributed by atoms with Crippen molar-refractivity contribution < 1.29 is 69.9 Å². The molecule has 22 heavy (non-hydrogen) atoms. The monoisotopic (exact) mass is 360 g/mol. The van der Waals surface area contributed by atoms with Gasteiger partial charge < -0.3 is 13.9 Å². The van der Waals surface area contributed by atoms with Crippen molar-refractivity contribution >= 4 is 7.82 Å². The Balaban J connectivity index is 0. The Kier molecular flexibility index (Phi) is 19.2. The van der Waals surface area contributed by atoms with Gasteiger partial charge in [0.2, 0.25) is 0 Å². The molecule has 0 N–H and O–H groups in total. The predicted octanol–water partition coefficient (Wildman–Crippen LogP) is 1.92. The van der Waals surface area contributed by atoms with Crippen LogP contribution in [0.2, 0.25) is 0 Å². The standard InChI is InChI=1S/C16H35O4P.K/c1-5-9-11-15(7-3)13-19-21(17,18)20-14-16(8-4)12-10-6-2;/h15-16H,5-14H2,1-4H3,(H,17,18);/q;+1/p-1. The quantitative estimate of drug-likeness (QED) is 0.351. The van der Waals surface area contributed by atoms with Crippen molar-refractivity contribution in [2.75, 3.05) is 13.2 Å². The Morgan fingerprint density at radius 2 is 1.23 bits per heavy atom. The van der Waals surface area contributed by atoms with Crippen molar-refractivity contribution in [1.29, 1.82) is 0 Å². The van der Waals surface area contributed by atoms with Crippen molar-refractivity contribution in [2.45, 2.75) is 79.1 Å². The molecule has 6 heteroatoms.